The topological polar surface area (TPSA) is 29.1 Å². The second kappa shape index (κ2) is 7.32. The molecule has 0 bridgehead atoms. The average molecular weight is 299 g/mol. The van der Waals surface area contributed by atoms with Crippen molar-refractivity contribution in [3.8, 4) is 0 Å². The van der Waals surface area contributed by atoms with Crippen LogP contribution in [0.25, 0.3) is 0 Å². The van der Waals surface area contributed by atoms with Gasteiger partial charge in [0.05, 0.1) is 5.25 Å². The minimum Gasteiger partial charge on any atom is -0.351 e. The fraction of sp³-hybridized carbons (Fsp3) is 0.278. The van der Waals surface area contributed by atoms with Crippen LogP contribution in [0, 0.1) is 13.8 Å². The molecule has 2 nitrogen and oxygen atoms in total. The van der Waals surface area contributed by atoms with Crippen LogP contribution in [0.1, 0.15) is 23.6 Å². The Hall–Kier alpha value is -1.74. The summed E-state index contributed by atoms with van der Waals surface area (Å²) in [6, 6.07) is 16.3. The quantitative estimate of drug-likeness (QED) is 0.842. The highest BCUT2D eigenvalue weighted by atomic mass is 32.2. The average Bonchev–Trinajstić information content (AvgIpc) is 2.47. The Bertz CT molecular complexity index is 610. The molecule has 1 N–H and O–H groups in total. The number of thioether (sulfide) groups is 1. The van der Waals surface area contributed by atoms with Crippen LogP contribution in [-0.2, 0) is 11.3 Å². The molecule has 2 aromatic rings. The van der Waals surface area contributed by atoms with Crippen molar-refractivity contribution < 1.29 is 4.79 Å². The summed E-state index contributed by atoms with van der Waals surface area (Å²) >= 11 is 1.58. The maximum Gasteiger partial charge on any atom is 0.233 e. The molecule has 1 unspecified atom stereocenters. The number of carbonyl (C=O) groups is 1. The number of amides is 1. The zero-order valence-corrected chi connectivity index (χ0v) is 13.5. The highest BCUT2D eigenvalue weighted by Crippen LogP contribution is 2.22. The largest absolute Gasteiger partial charge is 0.351 e. The van der Waals surface area contributed by atoms with Crippen molar-refractivity contribution in [1.82, 2.24) is 5.32 Å². The normalized spacial score (nSPS) is 12.0. The van der Waals surface area contributed by atoms with Crippen molar-refractivity contribution in [2.75, 3.05) is 0 Å². The summed E-state index contributed by atoms with van der Waals surface area (Å²) in [7, 11) is 0. The second-order valence-corrected chi connectivity index (χ2v) is 6.64. The van der Waals surface area contributed by atoms with Crippen molar-refractivity contribution in [1.29, 1.82) is 0 Å². The molecule has 3 heteroatoms. The summed E-state index contributed by atoms with van der Waals surface area (Å²) < 4.78 is 0. The van der Waals surface area contributed by atoms with Gasteiger partial charge < -0.3 is 5.32 Å². The lowest BCUT2D eigenvalue weighted by molar-refractivity contribution is -0.120. The van der Waals surface area contributed by atoms with E-state index in [0.29, 0.717) is 6.54 Å². The second-order valence-electron chi connectivity index (χ2n) is 5.22. The van der Waals surface area contributed by atoms with E-state index in [-0.39, 0.29) is 11.2 Å². The van der Waals surface area contributed by atoms with E-state index in [1.165, 1.54) is 16.7 Å². The smallest absolute Gasteiger partial charge is 0.233 e. The van der Waals surface area contributed by atoms with Gasteiger partial charge in [0.25, 0.3) is 0 Å². The lowest BCUT2D eigenvalue weighted by Gasteiger charge is -2.13. The Labute approximate surface area is 131 Å². The van der Waals surface area contributed by atoms with Crippen LogP contribution in [-0.4, -0.2) is 11.2 Å². The maximum absolute atomic E-state index is 12.2. The number of hydrogen-bond donors (Lipinski definition) is 1. The van der Waals surface area contributed by atoms with E-state index >= 15 is 0 Å². The Balaban J connectivity index is 1.89. The van der Waals surface area contributed by atoms with E-state index in [2.05, 4.69) is 37.4 Å². The summed E-state index contributed by atoms with van der Waals surface area (Å²) in [6.45, 7) is 6.68. The summed E-state index contributed by atoms with van der Waals surface area (Å²) in [4.78, 5) is 13.3. The predicted molar refractivity (Wildman–Crippen MR) is 89.5 cm³/mol. The van der Waals surface area contributed by atoms with Gasteiger partial charge in [0.15, 0.2) is 0 Å². The summed E-state index contributed by atoms with van der Waals surface area (Å²) in [5.74, 6) is 0.0730. The molecule has 1 amide bonds. The van der Waals surface area contributed by atoms with Gasteiger partial charge in [-0.3, -0.25) is 4.79 Å². The van der Waals surface area contributed by atoms with E-state index in [1.54, 1.807) is 11.8 Å². The minimum atomic E-state index is -0.0989. The van der Waals surface area contributed by atoms with Crippen LogP contribution >= 0.6 is 11.8 Å². The molecule has 2 aromatic carbocycles. The number of hydrogen-bond acceptors (Lipinski definition) is 2. The van der Waals surface area contributed by atoms with Crippen LogP contribution < -0.4 is 5.32 Å². The van der Waals surface area contributed by atoms with Crippen molar-refractivity contribution in [2.24, 2.45) is 0 Å². The van der Waals surface area contributed by atoms with E-state index in [0.717, 1.165) is 4.90 Å². The van der Waals surface area contributed by atoms with Gasteiger partial charge in [-0.1, -0.05) is 42.0 Å². The molecule has 0 saturated heterocycles. The Kier molecular flexibility index (Phi) is 5.45. The fourth-order valence-electron chi connectivity index (χ4n) is 2.13. The van der Waals surface area contributed by atoms with Crippen LogP contribution in [0.5, 0.6) is 0 Å². The number of carbonyl (C=O) groups excluding carboxylic acids is 1. The molecule has 1 atom stereocenters. The molecular formula is C18H21NOS. The van der Waals surface area contributed by atoms with Crippen molar-refractivity contribution in [3.63, 3.8) is 0 Å². The Morgan fingerprint density at radius 3 is 2.52 bits per heavy atom. The molecule has 0 radical (unpaired) electrons. The first-order valence-corrected chi connectivity index (χ1v) is 8.00. The Morgan fingerprint density at radius 2 is 1.86 bits per heavy atom. The summed E-state index contributed by atoms with van der Waals surface area (Å²) in [5, 5.41) is 2.92. The van der Waals surface area contributed by atoms with Gasteiger partial charge in [0.2, 0.25) is 5.91 Å². The summed E-state index contributed by atoms with van der Waals surface area (Å²) in [6.07, 6.45) is 0. The zero-order valence-electron chi connectivity index (χ0n) is 12.7. The maximum atomic E-state index is 12.2. The molecule has 2 rings (SSSR count). The first-order valence-electron chi connectivity index (χ1n) is 7.12. The Morgan fingerprint density at radius 1 is 1.14 bits per heavy atom. The monoisotopic (exact) mass is 299 g/mol. The highest BCUT2D eigenvalue weighted by molar-refractivity contribution is 8.00. The van der Waals surface area contributed by atoms with Gasteiger partial charge in [-0.2, -0.15) is 0 Å². The lowest BCUT2D eigenvalue weighted by atomic mass is 10.1. The molecule has 0 heterocycles. The van der Waals surface area contributed by atoms with Crippen LogP contribution in [0.4, 0.5) is 0 Å². The van der Waals surface area contributed by atoms with Crippen molar-refractivity contribution in [2.45, 2.75) is 37.5 Å². The number of rotatable bonds is 5. The third kappa shape index (κ3) is 4.64. The SMILES string of the molecule is Cc1ccc(CNC(=O)C(C)Sc2ccccc2)c(C)c1. The molecule has 0 aliphatic heterocycles. The highest BCUT2D eigenvalue weighted by Gasteiger charge is 2.14. The van der Waals surface area contributed by atoms with Crippen LogP contribution in [0.3, 0.4) is 0 Å². The molecule has 0 aliphatic carbocycles. The molecule has 21 heavy (non-hydrogen) atoms. The number of nitrogens with one attached hydrogen (secondary N) is 1. The molecular weight excluding hydrogens is 278 g/mol. The molecule has 0 fully saturated rings. The first-order chi connectivity index (χ1) is 10.1. The number of benzene rings is 2. The summed E-state index contributed by atoms with van der Waals surface area (Å²) in [5.41, 5.74) is 3.64. The van der Waals surface area contributed by atoms with Crippen molar-refractivity contribution >= 4 is 17.7 Å². The first kappa shape index (κ1) is 15.6. The fourth-order valence-corrected chi connectivity index (χ4v) is 3.04. The zero-order chi connectivity index (χ0) is 15.2. The lowest BCUT2D eigenvalue weighted by Crippen LogP contribution is -2.30. The van der Waals surface area contributed by atoms with E-state index in [9.17, 15) is 4.79 Å². The molecule has 110 valence electrons. The van der Waals surface area contributed by atoms with Gasteiger partial charge in [0.1, 0.15) is 0 Å². The van der Waals surface area contributed by atoms with Gasteiger partial charge in [0, 0.05) is 11.4 Å². The van der Waals surface area contributed by atoms with Crippen molar-refractivity contribution in [3.05, 3.63) is 65.2 Å². The third-order valence-electron chi connectivity index (χ3n) is 3.38. The van der Waals surface area contributed by atoms with E-state index in [1.807, 2.05) is 37.3 Å². The molecule has 0 aromatic heterocycles. The van der Waals surface area contributed by atoms with Gasteiger partial charge in [-0.15, -0.1) is 11.8 Å². The molecule has 0 saturated carbocycles. The minimum absolute atomic E-state index is 0.0730. The van der Waals surface area contributed by atoms with Gasteiger partial charge in [-0.25, -0.2) is 0 Å². The van der Waals surface area contributed by atoms with Gasteiger partial charge >= 0.3 is 0 Å². The molecule has 0 aliphatic rings. The van der Waals surface area contributed by atoms with Crippen LogP contribution in [0.2, 0.25) is 0 Å². The molecule has 0 spiro atoms. The number of aryl methyl sites for hydroxylation is 2. The standard InChI is InChI=1S/C18H21NOS/c1-13-9-10-16(14(2)11-13)12-19-18(20)15(3)21-17-7-5-4-6-8-17/h4-11,15H,12H2,1-3H3,(H,19,20). The predicted octanol–water partition coefficient (Wildman–Crippen LogP) is 4.10. The third-order valence-corrected chi connectivity index (χ3v) is 4.49. The van der Waals surface area contributed by atoms with E-state index < -0.39 is 0 Å². The van der Waals surface area contributed by atoms with Crippen LogP contribution in [0.15, 0.2) is 53.4 Å². The van der Waals surface area contributed by atoms with Gasteiger partial charge in [-0.05, 0) is 44.0 Å². The van der Waals surface area contributed by atoms with E-state index in [4.69, 9.17) is 0 Å².